The molecular weight excluding hydrogens is 547 g/mol. The fourth-order valence-electron chi connectivity index (χ4n) is 5.85. The van der Waals surface area contributed by atoms with E-state index < -0.39 is 6.04 Å². The number of pyridine rings is 1. The number of halogens is 2. The second-order valence-corrected chi connectivity index (χ2v) is 10.1. The van der Waals surface area contributed by atoms with Crippen molar-refractivity contribution in [2.75, 3.05) is 17.7 Å². The Bertz CT molecular complexity index is 1580. The van der Waals surface area contributed by atoms with E-state index in [-0.39, 0.29) is 42.3 Å². The predicted molar refractivity (Wildman–Crippen MR) is 162 cm³/mol. The number of hydrogen-bond acceptors (Lipinski definition) is 6. The SMILES string of the molecule is Cc1nc(N)ccc1CNC(=O)[C@@H]1CCc2cnc(N(C)C3c4ccccc4Cc4ccccc43)c(=O)n21.Cl.Cl. The monoisotopic (exact) mass is 578 g/mol. The summed E-state index contributed by atoms with van der Waals surface area (Å²) in [4.78, 5) is 38.0. The molecule has 4 aromatic rings. The minimum absolute atomic E-state index is 0. The fraction of sp³-hybridized carbons (Fsp3) is 0.267. The first kappa shape index (κ1) is 29.1. The van der Waals surface area contributed by atoms with Crippen LogP contribution in [0.3, 0.4) is 0 Å². The third kappa shape index (κ3) is 5.05. The largest absolute Gasteiger partial charge is 0.384 e. The number of nitrogens with zero attached hydrogens (tertiary/aromatic N) is 4. The summed E-state index contributed by atoms with van der Waals surface area (Å²) in [5.41, 5.74) is 12.8. The van der Waals surface area contributed by atoms with Gasteiger partial charge in [-0.25, -0.2) is 9.97 Å². The van der Waals surface area contributed by atoms with Crippen molar-refractivity contribution in [3.8, 4) is 0 Å². The van der Waals surface area contributed by atoms with Gasteiger partial charge in [0.05, 0.1) is 6.04 Å². The summed E-state index contributed by atoms with van der Waals surface area (Å²) < 4.78 is 1.63. The Kier molecular flexibility index (Phi) is 8.51. The highest BCUT2D eigenvalue weighted by Gasteiger charge is 2.34. The van der Waals surface area contributed by atoms with Gasteiger partial charge in [0.15, 0.2) is 5.82 Å². The normalized spacial score (nSPS) is 15.1. The quantitative estimate of drug-likeness (QED) is 0.365. The molecule has 1 atom stereocenters. The minimum atomic E-state index is -0.583. The van der Waals surface area contributed by atoms with Gasteiger partial charge in [-0.3, -0.25) is 14.2 Å². The van der Waals surface area contributed by atoms with Crippen LogP contribution in [0.25, 0.3) is 0 Å². The summed E-state index contributed by atoms with van der Waals surface area (Å²) in [5, 5.41) is 2.99. The molecule has 10 heteroatoms. The molecular formula is C30H32Cl2N6O2. The molecule has 208 valence electrons. The molecule has 6 rings (SSSR count). The zero-order valence-electron chi connectivity index (χ0n) is 22.3. The number of anilines is 2. The fourth-order valence-corrected chi connectivity index (χ4v) is 5.85. The van der Waals surface area contributed by atoms with Crippen LogP contribution < -0.4 is 21.5 Å². The molecule has 40 heavy (non-hydrogen) atoms. The van der Waals surface area contributed by atoms with E-state index in [2.05, 4.69) is 51.7 Å². The average molecular weight is 580 g/mol. The Labute approximate surface area is 245 Å². The maximum atomic E-state index is 13.9. The van der Waals surface area contributed by atoms with Gasteiger partial charge >= 0.3 is 0 Å². The topological polar surface area (TPSA) is 106 Å². The van der Waals surface area contributed by atoms with Gasteiger partial charge in [-0.2, -0.15) is 0 Å². The van der Waals surface area contributed by atoms with E-state index in [9.17, 15) is 9.59 Å². The smallest absolute Gasteiger partial charge is 0.294 e. The molecule has 2 aliphatic rings. The maximum Gasteiger partial charge on any atom is 0.294 e. The average Bonchev–Trinajstić information content (AvgIpc) is 3.36. The lowest BCUT2D eigenvalue weighted by Gasteiger charge is -2.35. The van der Waals surface area contributed by atoms with Crippen LogP contribution in [0.5, 0.6) is 0 Å². The van der Waals surface area contributed by atoms with E-state index in [0.717, 1.165) is 23.4 Å². The molecule has 0 fully saturated rings. The summed E-state index contributed by atoms with van der Waals surface area (Å²) in [6.07, 6.45) is 3.79. The molecule has 0 saturated carbocycles. The summed E-state index contributed by atoms with van der Waals surface area (Å²) >= 11 is 0. The zero-order valence-corrected chi connectivity index (χ0v) is 24.0. The molecule has 0 saturated heterocycles. The standard InChI is InChI=1S/C30H30N6O2.2ClH/c1-18-21(11-14-26(31)34-18)16-33-29(37)25-13-12-22-17-32-28(30(38)36(22)25)35(2)27-23-9-5-3-7-19(23)15-20-8-4-6-10-24(20)27;;/h3-11,14,17,25,27H,12-13,15-16H2,1-2H3,(H2,31,34)(H,33,37);2*1H/t25-;;/m0../s1. The zero-order chi connectivity index (χ0) is 26.4. The Morgan fingerprint density at radius 2 is 1.70 bits per heavy atom. The number of nitrogen functional groups attached to an aromatic ring is 1. The van der Waals surface area contributed by atoms with E-state index in [1.165, 1.54) is 22.3 Å². The molecule has 1 aliphatic heterocycles. The van der Waals surface area contributed by atoms with Crippen molar-refractivity contribution in [3.63, 3.8) is 0 Å². The highest BCUT2D eigenvalue weighted by molar-refractivity contribution is 5.85. The Morgan fingerprint density at radius 3 is 2.35 bits per heavy atom. The third-order valence-electron chi connectivity index (χ3n) is 7.82. The van der Waals surface area contributed by atoms with Gasteiger partial charge in [0.1, 0.15) is 11.9 Å². The number of nitrogens with two attached hydrogens (primary N) is 1. The summed E-state index contributed by atoms with van der Waals surface area (Å²) in [6.45, 7) is 2.19. The predicted octanol–water partition coefficient (Wildman–Crippen LogP) is 4.31. The molecule has 0 radical (unpaired) electrons. The number of benzene rings is 2. The number of amides is 1. The number of aryl methyl sites for hydroxylation is 2. The van der Waals surface area contributed by atoms with Gasteiger partial charge in [0.25, 0.3) is 5.56 Å². The van der Waals surface area contributed by atoms with Crippen LogP contribution in [0.4, 0.5) is 11.6 Å². The van der Waals surface area contributed by atoms with Crippen molar-refractivity contribution < 1.29 is 4.79 Å². The highest BCUT2D eigenvalue weighted by atomic mass is 35.5. The van der Waals surface area contributed by atoms with Crippen molar-refractivity contribution in [2.24, 2.45) is 0 Å². The second kappa shape index (κ2) is 11.7. The molecule has 3 N–H and O–H groups in total. The first-order valence-corrected chi connectivity index (χ1v) is 12.9. The maximum absolute atomic E-state index is 13.9. The molecule has 0 bridgehead atoms. The van der Waals surface area contributed by atoms with Gasteiger partial charge in [0.2, 0.25) is 5.91 Å². The van der Waals surface area contributed by atoms with Crippen molar-refractivity contribution >= 4 is 42.4 Å². The Hall–Kier alpha value is -3.88. The van der Waals surface area contributed by atoms with Gasteiger partial charge in [0, 0.05) is 31.2 Å². The number of carbonyl (C=O) groups excluding carboxylic acids is 1. The number of rotatable bonds is 5. The number of hydrogen-bond donors (Lipinski definition) is 2. The van der Waals surface area contributed by atoms with Gasteiger partial charge in [-0.1, -0.05) is 54.6 Å². The molecule has 1 aliphatic carbocycles. The van der Waals surface area contributed by atoms with E-state index in [1.54, 1.807) is 16.8 Å². The first-order valence-electron chi connectivity index (χ1n) is 12.9. The molecule has 3 heterocycles. The number of carbonyl (C=O) groups is 1. The van der Waals surface area contributed by atoms with Crippen LogP contribution in [-0.2, 0) is 24.2 Å². The summed E-state index contributed by atoms with van der Waals surface area (Å²) in [5.74, 6) is 0.597. The van der Waals surface area contributed by atoms with Crippen LogP contribution in [0.2, 0.25) is 0 Å². The molecule has 0 unspecified atom stereocenters. The van der Waals surface area contributed by atoms with E-state index in [4.69, 9.17) is 5.73 Å². The van der Waals surface area contributed by atoms with Crippen LogP contribution >= 0.6 is 24.8 Å². The lowest BCUT2D eigenvalue weighted by atomic mass is 9.82. The minimum Gasteiger partial charge on any atom is -0.384 e. The molecule has 2 aromatic heterocycles. The first-order chi connectivity index (χ1) is 18.4. The summed E-state index contributed by atoms with van der Waals surface area (Å²) in [7, 11) is 1.92. The highest BCUT2D eigenvalue weighted by Crippen LogP contribution is 2.39. The van der Waals surface area contributed by atoms with Crippen molar-refractivity contribution in [3.05, 3.63) is 116 Å². The van der Waals surface area contributed by atoms with E-state index in [1.807, 2.05) is 37.1 Å². The third-order valence-corrected chi connectivity index (χ3v) is 7.82. The van der Waals surface area contributed by atoms with Gasteiger partial charge < -0.3 is 16.0 Å². The molecule has 0 spiro atoms. The van der Waals surface area contributed by atoms with Crippen LogP contribution in [0, 0.1) is 6.92 Å². The van der Waals surface area contributed by atoms with Crippen molar-refractivity contribution in [2.45, 2.75) is 44.8 Å². The van der Waals surface area contributed by atoms with Crippen LogP contribution in [-0.4, -0.2) is 27.5 Å². The van der Waals surface area contributed by atoms with Gasteiger partial charge in [-0.15, -0.1) is 24.8 Å². The Morgan fingerprint density at radius 1 is 1.05 bits per heavy atom. The van der Waals surface area contributed by atoms with Gasteiger partial charge in [-0.05, 0) is 60.1 Å². The molecule has 2 aromatic carbocycles. The lowest BCUT2D eigenvalue weighted by molar-refractivity contribution is -0.124. The number of aromatic nitrogens is 3. The number of fused-ring (bicyclic) bond motifs is 3. The van der Waals surface area contributed by atoms with E-state index in [0.29, 0.717) is 31.0 Å². The van der Waals surface area contributed by atoms with Crippen LogP contribution in [0.1, 0.15) is 57.7 Å². The number of nitrogens with one attached hydrogen (secondary N) is 1. The second-order valence-electron chi connectivity index (χ2n) is 10.1. The van der Waals surface area contributed by atoms with Crippen molar-refractivity contribution in [1.82, 2.24) is 19.9 Å². The lowest BCUT2D eigenvalue weighted by Crippen LogP contribution is -2.39. The molecule has 1 amide bonds. The van der Waals surface area contributed by atoms with Crippen LogP contribution in [0.15, 0.2) is 71.7 Å². The summed E-state index contributed by atoms with van der Waals surface area (Å²) in [6, 6.07) is 19.6. The Balaban J connectivity index is 0.00000185. The van der Waals surface area contributed by atoms with E-state index >= 15 is 0 Å². The van der Waals surface area contributed by atoms with Crippen molar-refractivity contribution in [1.29, 1.82) is 0 Å². The molecule has 8 nitrogen and oxygen atoms in total.